The predicted molar refractivity (Wildman–Crippen MR) is 77.8 cm³/mol. The highest BCUT2D eigenvalue weighted by Crippen LogP contribution is 2.35. The van der Waals surface area contributed by atoms with Crippen molar-refractivity contribution in [2.75, 3.05) is 6.79 Å². The maximum Gasteiger partial charge on any atom is 0.508 e. The van der Waals surface area contributed by atoms with Crippen molar-refractivity contribution < 1.29 is 29.3 Å². The minimum Gasteiger partial charge on any atom is -0.450 e. The summed E-state index contributed by atoms with van der Waals surface area (Å²) in [4.78, 5) is 19.0. The fourth-order valence-corrected chi connectivity index (χ4v) is 2.21. The number of carboxylic acid groups (broad SMARTS) is 2. The zero-order valence-electron chi connectivity index (χ0n) is 11.6. The number of hydrogen-bond acceptors (Lipinski definition) is 4. The molecule has 0 spiro atoms. The van der Waals surface area contributed by atoms with Gasteiger partial charge in [-0.15, -0.1) is 0 Å². The Kier molecular flexibility index (Phi) is 4.98. The maximum absolute atomic E-state index is 9.49. The molecule has 1 aliphatic carbocycles. The third-order valence-electron chi connectivity index (χ3n) is 3.07. The summed E-state index contributed by atoms with van der Waals surface area (Å²) >= 11 is 0. The molecule has 0 aliphatic heterocycles. The second-order valence-electron chi connectivity index (χ2n) is 4.43. The molecule has 0 saturated heterocycles. The maximum atomic E-state index is 9.49. The summed E-state index contributed by atoms with van der Waals surface area (Å²) in [6.45, 7) is -0.787. The minimum atomic E-state index is -1.57. The lowest BCUT2D eigenvalue weighted by atomic mass is 10.1. The van der Waals surface area contributed by atoms with Crippen LogP contribution in [0.1, 0.15) is 11.1 Å². The van der Waals surface area contributed by atoms with Crippen molar-refractivity contribution in [1.82, 2.24) is 0 Å². The molecule has 6 heteroatoms. The number of carbonyl (C=O) groups is 2. The first-order valence-electron chi connectivity index (χ1n) is 6.45. The van der Waals surface area contributed by atoms with Crippen molar-refractivity contribution in [3.8, 4) is 11.1 Å². The minimum absolute atomic E-state index is 0.787. The number of ether oxygens (including phenoxy) is 2. The van der Waals surface area contributed by atoms with Crippen molar-refractivity contribution in [2.45, 2.75) is 6.42 Å². The van der Waals surface area contributed by atoms with Crippen molar-refractivity contribution in [3.63, 3.8) is 0 Å². The van der Waals surface area contributed by atoms with Crippen LogP contribution in [-0.4, -0.2) is 29.3 Å². The molecular formula is C16H14O6. The highest BCUT2D eigenvalue weighted by molar-refractivity contribution is 5.76. The Bertz CT molecular complexity index is 622. The lowest BCUT2D eigenvalue weighted by Crippen LogP contribution is -2.08. The van der Waals surface area contributed by atoms with Crippen LogP contribution in [0.5, 0.6) is 0 Å². The van der Waals surface area contributed by atoms with Crippen molar-refractivity contribution >= 4 is 12.3 Å². The van der Waals surface area contributed by atoms with Crippen LogP contribution in [0.25, 0.3) is 11.1 Å². The van der Waals surface area contributed by atoms with E-state index in [9.17, 15) is 9.59 Å². The zero-order chi connectivity index (χ0) is 15.9. The Morgan fingerprint density at radius 1 is 0.818 bits per heavy atom. The van der Waals surface area contributed by atoms with Gasteiger partial charge in [-0.2, -0.15) is 0 Å². The first kappa shape index (κ1) is 15.4. The van der Waals surface area contributed by atoms with Gasteiger partial charge in [0, 0.05) is 0 Å². The van der Waals surface area contributed by atoms with E-state index in [0.29, 0.717) is 0 Å². The molecule has 2 aromatic carbocycles. The Hall–Kier alpha value is -3.02. The van der Waals surface area contributed by atoms with Gasteiger partial charge in [0.2, 0.25) is 6.79 Å². The molecule has 1 aliphatic rings. The highest BCUT2D eigenvalue weighted by atomic mass is 16.8. The third-order valence-corrected chi connectivity index (χ3v) is 3.07. The summed E-state index contributed by atoms with van der Waals surface area (Å²) in [6.07, 6.45) is -2.04. The summed E-state index contributed by atoms with van der Waals surface area (Å²) < 4.78 is 7.33. The average Bonchev–Trinajstić information content (AvgIpc) is 2.86. The molecule has 114 valence electrons. The largest absolute Gasteiger partial charge is 0.508 e. The lowest BCUT2D eigenvalue weighted by Gasteiger charge is -1.98. The number of rotatable bonds is 2. The first-order chi connectivity index (χ1) is 10.6. The van der Waals surface area contributed by atoms with Gasteiger partial charge in [-0.25, -0.2) is 9.59 Å². The second kappa shape index (κ2) is 7.12. The summed E-state index contributed by atoms with van der Waals surface area (Å²) in [6, 6.07) is 17.3. The van der Waals surface area contributed by atoms with Gasteiger partial charge < -0.3 is 19.7 Å². The predicted octanol–water partition coefficient (Wildman–Crippen LogP) is 3.59. The van der Waals surface area contributed by atoms with Crippen LogP contribution in [0.15, 0.2) is 48.5 Å². The molecule has 0 bridgehead atoms. The van der Waals surface area contributed by atoms with Crippen molar-refractivity contribution in [3.05, 3.63) is 59.7 Å². The van der Waals surface area contributed by atoms with Crippen LogP contribution in [0.4, 0.5) is 9.59 Å². The van der Waals surface area contributed by atoms with E-state index < -0.39 is 19.1 Å². The molecule has 6 nitrogen and oxygen atoms in total. The topological polar surface area (TPSA) is 93.1 Å². The third kappa shape index (κ3) is 3.99. The van der Waals surface area contributed by atoms with E-state index in [0.717, 1.165) is 6.42 Å². The Morgan fingerprint density at radius 3 is 1.64 bits per heavy atom. The Morgan fingerprint density at radius 2 is 1.23 bits per heavy atom. The lowest BCUT2D eigenvalue weighted by molar-refractivity contribution is -0.0167. The molecule has 0 amide bonds. The van der Waals surface area contributed by atoms with Gasteiger partial charge in [0.25, 0.3) is 0 Å². The highest BCUT2D eigenvalue weighted by Gasteiger charge is 2.15. The van der Waals surface area contributed by atoms with Gasteiger partial charge in [-0.1, -0.05) is 48.5 Å². The van der Waals surface area contributed by atoms with E-state index in [2.05, 4.69) is 58.0 Å². The number of benzene rings is 2. The molecule has 0 unspecified atom stereocenters. The number of hydrogen-bond donors (Lipinski definition) is 2. The van der Waals surface area contributed by atoms with Gasteiger partial charge >= 0.3 is 12.3 Å². The molecule has 2 aromatic rings. The Balaban J connectivity index is 0.000000175. The summed E-state index contributed by atoms with van der Waals surface area (Å²) in [5, 5.41) is 15.5. The van der Waals surface area contributed by atoms with E-state index in [1.54, 1.807) is 0 Å². The summed E-state index contributed by atoms with van der Waals surface area (Å²) in [5.74, 6) is 0. The van der Waals surface area contributed by atoms with Gasteiger partial charge in [-0.3, -0.25) is 0 Å². The van der Waals surface area contributed by atoms with Gasteiger partial charge in [0.05, 0.1) is 0 Å². The van der Waals surface area contributed by atoms with Gasteiger partial charge in [0.15, 0.2) is 0 Å². The van der Waals surface area contributed by atoms with E-state index in [-0.39, 0.29) is 0 Å². The van der Waals surface area contributed by atoms with Crippen LogP contribution in [0, 0.1) is 0 Å². The molecular weight excluding hydrogens is 288 g/mol. The fraction of sp³-hybridized carbons (Fsp3) is 0.125. The average molecular weight is 302 g/mol. The molecule has 0 heterocycles. The monoisotopic (exact) mass is 302 g/mol. The second-order valence-corrected chi connectivity index (χ2v) is 4.43. The fourth-order valence-electron chi connectivity index (χ4n) is 2.21. The quantitative estimate of drug-likeness (QED) is 0.555. The van der Waals surface area contributed by atoms with Gasteiger partial charge in [-0.05, 0) is 28.7 Å². The SMILES string of the molecule is O=C(O)OCOC(=O)O.c1ccc2c(c1)Cc1ccccc1-2. The van der Waals surface area contributed by atoms with Crippen LogP contribution in [-0.2, 0) is 15.9 Å². The normalized spacial score (nSPS) is 10.5. The molecule has 0 aromatic heterocycles. The van der Waals surface area contributed by atoms with Crippen LogP contribution < -0.4 is 0 Å². The smallest absolute Gasteiger partial charge is 0.450 e. The van der Waals surface area contributed by atoms with Crippen LogP contribution in [0.2, 0.25) is 0 Å². The van der Waals surface area contributed by atoms with Crippen LogP contribution >= 0.6 is 0 Å². The summed E-state index contributed by atoms with van der Waals surface area (Å²) in [5.41, 5.74) is 5.75. The van der Waals surface area contributed by atoms with E-state index in [4.69, 9.17) is 10.2 Å². The van der Waals surface area contributed by atoms with Crippen molar-refractivity contribution in [2.24, 2.45) is 0 Å². The zero-order valence-corrected chi connectivity index (χ0v) is 11.6. The molecule has 0 saturated carbocycles. The summed E-state index contributed by atoms with van der Waals surface area (Å²) in [7, 11) is 0. The van der Waals surface area contributed by atoms with E-state index in [1.807, 2.05) is 0 Å². The molecule has 0 fully saturated rings. The molecule has 2 N–H and O–H groups in total. The molecule has 3 rings (SSSR count). The molecule has 0 radical (unpaired) electrons. The number of fused-ring (bicyclic) bond motifs is 3. The molecule has 0 atom stereocenters. The standard InChI is InChI=1S/C13H10.C3H4O6/c1-3-7-12-10(5-1)9-11-6-2-4-8-13(11)12;4-2(5)8-1-9-3(6)7/h1-8H,9H2;1H2,(H,4,5)(H,6,7). The van der Waals surface area contributed by atoms with Crippen LogP contribution in [0.3, 0.4) is 0 Å². The van der Waals surface area contributed by atoms with E-state index >= 15 is 0 Å². The first-order valence-corrected chi connectivity index (χ1v) is 6.45. The van der Waals surface area contributed by atoms with E-state index in [1.165, 1.54) is 22.3 Å². The molecule has 22 heavy (non-hydrogen) atoms. The Labute approximate surface area is 126 Å². The van der Waals surface area contributed by atoms with Gasteiger partial charge in [0.1, 0.15) is 0 Å². The van der Waals surface area contributed by atoms with Crippen molar-refractivity contribution in [1.29, 1.82) is 0 Å².